The Bertz CT molecular complexity index is 797. The molecule has 2 aromatic heterocycles. The van der Waals surface area contributed by atoms with Crippen LogP contribution in [0.25, 0.3) is 0 Å². The van der Waals surface area contributed by atoms with Crippen LogP contribution in [0.1, 0.15) is 29.7 Å². The Morgan fingerprint density at radius 3 is 3.00 bits per heavy atom. The van der Waals surface area contributed by atoms with Crippen LogP contribution < -0.4 is 0 Å². The van der Waals surface area contributed by atoms with Crippen molar-refractivity contribution in [1.29, 1.82) is 0 Å². The number of oxazole rings is 1. The van der Waals surface area contributed by atoms with Gasteiger partial charge < -0.3 is 9.15 Å². The molecule has 0 spiro atoms. The smallest absolute Gasteiger partial charge is 0.244 e. The molecule has 4 heterocycles. The summed E-state index contributed by atoms with van der Waals surface area (Å²) in [5, 5.41) is 0. The van der Waals surface area contributed by atoms with Gasteiger partial charge in [0.2, 0.25) is 10.0 Å². The Hall–Kier alpha value is -1.77. The number of pyridine rings is 1. The predicted molar refractivity (Wildman–Crippen MR) is 80.2 cm³/mol. The molecule has 1 unspecified atom stereocenters. The van der Waals surface area contributed by atoms with Crippen molar-refractivity contribution in [2.75, 3.05) is 19.8 Å². The minimum absolute atomic E-state index is 0.184. The first-order valence-corrected chi connectivity index (χ1v) is 9.05. The van der Waals surface area contributed by atoms with Gasteiger partial charge in [0.15, 0.2) is 5.89 Å². The molecule has 1 atom stereocenters. The predicted octanol–water partition coefficient (Wildman–Crippen LogP) is 1.32. The molecular weight excluding hydrogens is 318 g/mol. The number of sulfonamides is 1. The van der Waals surface area contributed by atoms with Crippen molar-refractivity contribution in [2.45, 2.75) is 30.2 Å². The summed E-state index contributed by atoms with van der Waals surface area (Å²) in [6, 6.07) is 3.18. The minimum Gasteiger partial charge on any atom is -0.445 e. The molecule has 1 saturated heterocycles. The van der Waals surface area contributed by atoms with E-state index >= 15 is 0 Å². The Labute approximate surface area is 134 Å². The average molecular weight is 335 g/mol. The van der Waals surface area contributed by atoms with Gasteiger partial charge in [0.05, 0.1) is 24.8 Å². The number of ether oxygens (including phenoxy) is 1. The molecule has 23 heavy (non-hydrogen) atoms. The quantitative estimate of drug-likeness (QED) is 0.841. The van der Waals surface area contributed by atoms with Gasteiger partial charge in [0.1, 0.15) is 10.7 Å². The van der Waals surface area contributed by atoms with Gasteiger partial charge in [-0.3, -0.25) is 4.98 Å². The zero-order chi connectivity index (χ0) is 15.9. The fourth-order valence-electron chi connectivity index (χ4n) is 2.95. The van der Waals surface area contributed by atoms with Crippen LogP contribution in [-0.2, 0) is 27.7 Å². The summed E-state index contributed by atoms with van der Waals surface area (Å²) < 4.78 is 38.0. The van der Waals surface area contributed by atoms with E-state index in [4.69, 9.17) is 9.15 Å². The summed E-state index contributed by atoms with van der Waals surface area (Å²) in [7, 11) is -3.55. The van der Waals surface area contributed by atoms with Crippen molar-refractivity contribution < 1.29 is 17.6 Å². The van der Waals surface area contributed by atoms with Gasteiger partial charge in [0.25, 0.3) is 0 Å². The monoisotopic (exact) mass is 335 g/mol. The lowest BCUT2D eigenvalue weighted by molar-refractivity contribution is 0.190. The van der Waals surface area contributed by atoms with E-state index in [0.717, 1.165) is 18.8 Å². The van der Waals surface area contributed by atoms with Gasteiger partial charge in [-0.05, 0) is 18.6 Å². The number of hydrogen-bond acceptors (Lipinski definition) is 6. The lowest BCUT2D eigenvalue weighted by atomic mass is 10.1. The van der Waals surface area contributed by atoms with Crippen LogP contribution in [0.15, 0.2) is 33.8 Å². The number of aromatic nitrogens is 2. The molecule has 0 N–H and O–H groups in total. The summed E-state index contributed by atoms with van der Waals surface area (Å²) >= 11 is 0. The van der Waals surface area contributed by atoms with E-state index in [-0.39, 0.29) is 17.4 Å². The zero-order valence-corrected chi connectivity index (χ0v) is 13.3. The topological polar surface area (TPSA) is 85.5 Å². The molecule has 7 nitrogen and oxygen atoms in total. The molecule has 1 fully saturated rings. The molecule has 8 heteroatoms. The Kier molecular flexibility index (Phi) is 3.67. The van der Waals surface area contributed by atoms with Crippen molar-refractivity contribution in [2.24, 2.45) is 0 Å². The van der Waals surface area contributed by atoms with Gasteiger partial charge in [-0.15, -0.1) is 0 Å². The van der Waals surface area contributed by atoms with E-state index in [1.165, 1.54) is 10.5 Å². The molecule has 4 rings (SSSR count). The fourth-order valence-corrected chi connectivity index (χ4v) is 4.32. The molecule has 0 bridgehead atoms. The van der Waals surface area contributed by atoms with Crippen LogP contribution in [-0.4, -0.2) is 42.4 Å². The molecule has 0 aliphatic carbocycles. The molecule has 2 aliphatic heterocycles. The first-order valence-electron chi connectivity index (χ1n) is 7.61. The van der Waals surface area contributed by atoms with Crippen molar-refractivity contribution >= 4 is 10.0 Å². The largest absolute Gasteiger partial charge is 0.445 e. The summed E-state index contributed by atoms with van der Waals surface area (Å²) in [6.45, 7) is 1.97. The molecule has 2 aromatic rings. The maximum absolute atomic E-state index is 12.7. The van der Waals surface area contributed by atoms with Crippen LogP contribution in [0, 0.1) is 0 Å². The number of rotatable bonds is 3. The Morgan fingerprint density at radius 2 is 2.26 bits per heavy atom. The Balaban J connectivity index is 1.59. The van der Waals surface area contributed by atoms with E-state index in [2.05, 4.69) is 9.97 Å². The van der Waals surface area contributed by atoms with Crippen LogP contribution >= 0.6 is 0 Å². The lowest BCUT2D eigenvalue weighted by Crippen LogP contribution is -2.35. The second-order valence-electron chi connectivity index (χ2n) is 5.76. The van der Waals surface area contributed by atoms with E-state index in [0.29, 0.717) is 31.2 Å². The molecular formula is C15H17N3O4S. The van der Waals surface area contributed by atoms with Crippen molar-refractivity contribution in [3.05, 3.63) is 41.9 Å². The summed E-state index contributed by atoms with van der Waals surface area (Å²) in [6.07, 6.45) is 4.36. The van der Waals surface area contributed by atoms with Crippen molar-refractivity contribution in [1.82, 2.24) is 14.3 Å². The third-order valence-electron chi connectivity index (χ3n) is 4.26. The second kappa shape index (κ2) is 5.70. The fraction of sp³-hybridized carbons (Fsp3) is 0.467. The van der Waals surface area contributed by atoms with E-state index in [9.17, 15) is 8.42 Å². The number of nitrogens with zero attached hydrogens (tertiary/aromatic N) is 3. The van der Waals surface area contributed by atoms with Gasteiger partial charge in [0, 0.05) is 32.0 Å². The molecule has 0 radical (unpaired) electrons. The SMILES string of the molecule is O=S(=O)(c1cccnc1)N1CCc2oc(C3CCOC3)nc2C1. The van der Waals surface area contributed by atoms with Crippen molar-refractivity contribution in [3.8, 4) is 0 Å². The standard InChI is InChI=1S/C15H17N3O4S/c19-23(20,12-2-1-5-16-8-12)18-6-3-14-13(9-18)17-15(22-14)11-4-7-21-10-11/h1-2,5,8,11H,3-4,6-7,9-10H2. The van der Waals surface area contributed by atoms with E-state index in [1.54, 1.807) is 18.3 Å². The highest BCUT2D eigenvalue weighted by Gasteiger charge is 2.33. The van der Waals surface area contributed by atoms with Crippen LogP contribution in [0.2, 0.25) is 0 Å². The Morgan fingerprint density at radius 1 is 1.35 bits per heavy atom. The maximum Gasteiger partial charge on any atom is 0.244 e. The highest BCUT2D eigenvalue weighted by molar-refractivity contribution is 7.89. The third kappa shape index (κ3) is 2.66. The van der Waals surface area contributed by atoms with Gasteiger partial charge in [-0.1, -0.05) is 0 Å². The van der Waals surface area contributed by atoms with Crippen LogP contribution in [0.5, 0.6) is 0 Å². The number of hydrogen-bond donors (Lipinski definition) is 0. The average Bonchev–Trinajstić information content (AvgIpc) is 3.24. The van der Waals surface area contributed by atoms with E-state index in [1.807, 2.05) is 0 Å². The maximum atomic E-state index is 12.7. The van der Waals surface area contributed by atoms with E-state index < -0.39 is 10.0 Å². The normalized spacial score (nSPS) is 22.2. The highest BCUT2D eigenvalue weighted by Crippen LogP contribution is 2.30. The van der Waals surface area contributed by atoms with Crippen LogP contribution in [0.3, 0.4) is 0 Å². The van der Waals surface area contributed by atoms with Gasteiger partial charge >= 0.3 is 0 Å². The molecule has 0 aromatic carbocycles. The van der Waals surface area contributed by atoms with Crippen LogP contribution in [0.4, 0.5) is 0 Å². The molecule has 122 valence electrons. The zero-order valence-electron chi connectivity index (χ0n) is 12.5. The highest BCUT2D eigenvalue weighted by atomic mass is 32.2. The van der Waals surface area contributed by atoms with Gasteiger partial charge in [-0.25, -0.2) is 13.4 Å². The number of fused-ring (bicyclic) bond motifs is 1. The summed E-state index contributed by atoms with van der Waals surface area (Å²) in [5.41, 5.74) is 0.714. The second-order valence-corrected chi connectivity index (χ2v) is 7.70. The summed E-state index contributed by atoms with van der Waals surface area (Å²) in [5.74, 6) is 1.65. The first kappa shape index (κ1) is 14.8. The van der Waals surface area contributed by atoms with Gasteiger partial charge in [-0.2, -0.15) is 4.31 Å². The first-order chi connectivity index (χ1) is 11.1. The third-order valence-corrected chi connectivity index (χ3v) is 6.09. The lowest BCUT2D eigenvalue weighted by Gasteiger charge is -2.24. The van der Waals surface area contributed by atoms with Crippen molar-refractivity contribution in [3.63, 3.8) is 0 Å². The summed E-state index contributed by atoms with van der Waals surface area (Å²) in [4.78, 5) is 8.62. The molecule has 0 amide bonds. The molecule has 2 aliphatic rings. The molecule has 0 saturated carbocycles. The minimum atomic E-state index is -3.55.